The third kappa shape index (κ3) is 2.50. The Labute approximate surface area is 160 Å². The molecule has 7 nitrogen and oxygen atoms in total. The monoisotopic (exact) mass is 379 g/mol. The number of hydrogen-bond donors (Lipinski definition) is 0. The van der Waals surface area contributed by atoms with Crippen molar-refractivity contribution in [3.05, 3.63) is 0 Å². The zero-order valence-corrected chi connectivity index (χ0v) is 16.9. The van der Waals surface area contributed by atoms with E-state index in [0.29, 0.717) is 12.8 Å². The SMILES string of the molecule is CO[C@@H]1C(=O)[C@@]23O[C@@](C)(COC(C)=O)[C@@H]([C@H]2OC)[C@@H](C)C[C@]3(C#N)C[C@H]1C. The molecule has 2 aliphatic carbocycles. The van der Waals surface area contributed by atoms with E-state index in [-0.39, 0.29) is 30.1 Å². The predicted molar refractivity (Wildman–Crippen MR) is 94.6 cm³/mol. The van der Waals surface area contributed by atoms with Crippen molar-refractivity contribution in [2.75, 3.05) is 20.8 Å². The van der Waals surface area contributed by atoms with Gasteiger partial charge in [-0.3, -0.25) is 9.59 Å². The predicted octanol–water partition coefficient (Wildman–Crippen LogP) is 1.88. The van der Waals surface area contributed by atoms with Crippen LogP contribution in [0.2, 0.25) is 0 Å². The molecule has 27 heavy (non-hydrogen) atoms. The van der Waals surface area contributed by atoms with Gasteiger partial charge in [-0.15, -0.1) is 0 Å². The molecule has 1 heterocycles. The van der Waals surface area contributed by atoms with E-state index in [9.17, 15) is 14.9 Å². The highest BCUT2D eigenvalue weighted by Crippen LogP contribution is 2.66. The van der Waals surface area contributed by atoms with Crippen LogP contribution in [0.1, 0.15) is 40.5 Å². The Morgan fingerprint density at radius 2 is 1.89 bits per heavy atom. The van der Waals surface area contributed by atoms with Crippen LogP contribution in [-0.2, 0) is 28.5 Å². The summed E-state index contributed by atoms with van der Waals surface area (Å²) in [7, 11) is 3.06. The number of Topliss-reactive ketones (excluding diaryl/α,β-unsaturated/α-hetero) is 1. The average Bonchev–Trinajstić information content (AvgIpc) is 2.84. The highest BCUT2D eigenvalue weighted by Gasteiger charge is 2.79. The molecule has 0 amide bonds. The van der Waals surface area contributed by atoms with Crippen LogP contribution in [0.3, 0.4) is 0 Å². The lowest BCUT2D eigenvalue weighted by Gasteiger charge is -2.55. The molecule has 0 aromatic rings. The van der Waals surface area contributed by atoms with E-state index in [4.69, 9.17) is 18.9 Å². The summed E-state index contributed by atoms with van der Waals surface area (Å²) in [5, 5.41) is 10.2. The van der Waals surface area contributed by atoms with Crippen molar-refractivity contribution >= 4 is 11.8 Å². The first-order chi connectivity index (χ1) is 12.6. The van der Waals surface area contributed by atoms with Gasteiger partial charge in [0.25, 0.3) is 0 Å². The van der Waals surface area contributed by atoms with Gasteiger partial charge in [-0.1, -0.05) is 13.8 Å². The second kappa shape index (κ2) is 6.54. The van der Waals surface area contributed by atoms with Crippen LogP contribution in [0, 0.1) is 34.5 Å². The third-order valence-corrected chi connectivity index (χ3v) is 6.92. The Kier molecular flexibility index (Phi) is 4.91. The van der Waals surface area contributed by atoms with Crippen LogP contribution in [0.25, 0.3) is 0 Å². The Hall–Kier alpha value is -1.49. The maximum atomic E-state index is 13.7. The normalized spacial score (nSPS) is 48.6. The van der Waals surface area contributed by atoms with Crippen molar-refractivity contribution in [1.29, 1.82) is 5.26 Å². The molecular weight excluding hydrogens is 350 g/mol. The van der Waals surface area contributed by atoms with Crippen LogP contribution >= 0.6 is 0 Å². The number of fused-ring (bicyclic) bond motifs is 1. The van der Waals surface area contributed by atoms with Crippen LogP contribution in [0.5, 0.6) is 0 Å². The Bertz CT molecular complexity index is 688. The first-order valence-electron chi connectivity index (χ1n) is 9.47. The fourth-order valence-electron chi connectivity index (χ4n) is 6.15. The van der Waals surface area contributed by atoms with Gasteiger partial charge < -0.3 is 18.9 Å². The van der Waals surface area contributed by atoms with E-state index >= 15 is 0 Å². The van der Waals surface area contributed by atoms with Crippen molar-refractivity contribution < 1.29 is 28.5 Å². The molecule has 3 aliphatic rings. The summed E-state index contributed by atoms with van der Waals surface area (Å²) < 4.78 is 23.2. The van der Waals surface area contributed by atoms with E-state index in [1.165, 1.54) is 14.0 Å². The van der Waals surface area contributed by atoms with Crippen molar-refractivity contribution in [3.8, 4) is 6.07 Å². The van der Waals surface area contributed by atoms with Gasteiger partial charge in [0.1, 0.15) is 24.4 Å². The van der Waals surface area contributed by atoms with Gasteiger partial charge in [-0.2, -0.15) is 5.26 Å². The third-order valence-electron chi connectivity index (χ3n) is 6.92. The first-order valence-corrected chi connectivity index (χ1v) is 9.47. The van der Waals surface area contributed by atoms with Crippen molar-refractivity contribution in [2.45, 2.75) is 63.9 Å². The van der Waals surface area contributed by atoms with Gasteiger partial charge in [-0.25, -0.2) is 0 Å². The van der Waals surface area contributed by atoms with E-state index in [1.807, 2.05) is 13.8 Å². The number of hydrogen-bond acceptors (Lipinski definition) is 7. The minimum absolute atomic E-state index is 0.0148. The van der Waals surface area contributed by atoms with Crippen LogP contribution < -0.4 is 0 Å². The number of methoxy groups -OCH3 is 2. The molecule has 2 saturated carbocycles. The smallest absolute Gasteiger partial charge is 0.302 e. The highest BCUT2D eigenvalue weighted by atomic mass is 16.6. The number of rotatable bonds is 4. The number of ether oxygens (including phenoxy) is 4. The summed E-state index contributed by atoms with van der Waals surface area (Å²) in [5.74, 6) is -0.869. The lowest BCUT2D eigenvalue weighted by atomic mass is 9.49. The summed E-state index contributed by atoms with van der Waals surface area (Å²) in [6.45, 7) is 7.19. The zero-order valence-electron chi connectivity index (χ0n) is 16.9. The number of esters is 1. The summed E-state index contributed by atoms with van der Waals surface area (Å²) in [4.78, 5) is 25.1. The minimum Gasteiger partial charge on any atom is -0.463 e. The van der Waals surface area contributed by atoms with Crippen LogP contribution in [0.15, 0.2) is 0 Å². The summed E-state index contributed by atoms with van der Waals surface area (Å²) in [6, 6.07) is 2.45. The lowest BCUT2D eigenvalue weighted by molar-refractivity contribution is -0.219. The van der Waals surface area contributed by atoms with Crippen molar-refractivity contribution in [2.24, 2.45) is 23.2 Å². The van der Waals surface area contributed by atoms with Crippen LogP contribution in [-0.4, -0.2) is 56.0 Å². The largest absolute Gasteiger partial charge is 0.463 e. The maximum Gasteiger partial charge on any atom is 0.302 e. The maximum absolute atomic E-state index is 13.7. The molecule has 0 aromatic heterocycles. The second-order valence-corrected chi connectivity index (χ2v) is 8.69. The quantitative estimate of drug-likeness (QED) is 0.688. The van der Waals surface area contributed by atoms with E-state index in [2.05, 4.69) is 13.0 Å². The molecule has 7 heteroatoms. The molecule has 0 unspecified atom stereocenters. The summed E-state index contributed by atoms with van der Waals surface area (Å²) in [5.41, 5.74) is -3.34. The molecule has 0 radical (unpaired) electrons. The molecular formula is C20H29NO6. The number of ketones is 1. The number of carbonyl (C=O) groups is 2. The Morgan fingerprint density at radius 3 is 2.41 bits per heavy atom. The minimum atomic E-state index is -1.42. The Morgan fingerprint density at radius 1 is 1.26 bits per heavy atom. The first kappa shape index (κ1) is 20.2. The van der Waals surface area contributed by atoms with Gasteiger partial charge in [0, 0.05) is 27.1 Å². The second-order valence-electron chi connectivity index (χ2n) is 8.69. The summed E-state index contributed by atoms with van der Waals surface area (Å²) >= 11 is 0. The van der Waals surface area contributed by atoms with E-state index < -0.39 is 34.8 Å². The molecule has 1 saturated heterocycles. The van der Waals surface area contributed by atoms with Crippen LogP contribution in [0.4, 0.5) is 0 Å². The Balaban J connectivity index is 2.17. The highest BCUT2D eigenvalue weighted by molar-refractivity contribution is 5.95. The zero-order chi connectivity index (χ0) is 20.2. The fourth-order valence-corrected chi connectivity index (χ4v) is 6.15. The van der Waals surface area contributed by atoms with E-state index in [1.54, 1.807) is 7.11 Å². The average molecular weight is 379 g/mol. The molecule has 0 N–H and O–H groups in total. The molecule has 3 rings (SSSR count). The van der Waals surface area contributed by atoms with Gasteiger partial charge in [0.2, 0.25) is 0 Å². The van der Waals surface area contributed by atoms with Gasteiger partial charge >= 0.3 is 5.97 Å². The van der Waals surface area contributed by atoms with Crippen molar-refractivity contribution in [3.63, 3.8) is 0 Å². The van der Waals surface area contributed by atoms with Crippen molar-refractivity contribution in [1.82, 2.24) is 0 Å². The molecule has 150 valence electrons. The fraction of sp³-hybridized carbons (Fsp3) is 0.850. The van der Waals surface area contributed by atoms with E-state index in [0.717, 1.165) is 0 Å². The molecule has 8 atom stereocenters. The molecule has 3 fully saturated rings. The summed E-state index contributed by atoms with van der Waals surface area (Å²) in [6.07, 6.45) is -0.224. The molecule has 0 aromatic carbocycles. The molecule has 1 spiro atoms. The van der Waals surface area contributed by atoms with Gasteiger partial charge in [0.15, 0.2) is 11.4 Å². The topological polar surface area (TPSA) is 94.8 Å². The standard InChI is InChI=1S/C20H29NO6/c1-11-7-19(9-21)8-12(2)15(24-5)16(23)20(19)17(25-6)14(11)18(4,27-20)10-26-13(3)22/h11-12,14-15,17H,7-8,10H2,1-6H3/t11-,12+,14+,15-,17+,18-,19+,20+/m0/s1. The number of nitriles is 1. The number of nitrogens with zero attached hydrogens (tertiary/aromatic N) is 1. The number of carbonyl (C=O) groups excluding carboxylic acids is 2. The van der Waals surface area contributed by atoms with Gasteiger partial charge in [0.05, 0.1) is 11.5 Å². The molecule has 2 bridgehead atoms. The molecule has 1 aliphatic heterocycles. The van der Waals surface area contributed by atoms with Gasteiger partial charge in [-0.05, 0) is 31.6 Å². The lowest BCUT2D eigenvalue weighted by Crippen LogP contribution is -2.70.